The van der Waals surface area contributed by atoms with Crippen molar-refractivity contribution in [2.45, 2.75) is 24.7 Å². The first-order valence-electron chi connectivity index (χ1n) is 8.00. The molecule has 2 unspecified atom stereocenters. The van der Waals surface area contributed by atoms with Crippen molar-refractivity contribution in [2.75, 3.05) is 12.4 Å². The summed E-state index contributed by atoms with van der Waals surface area (Å²) >= 11 is 0. The normalized spacial score (nSPS) is 20.0. The molecule has 5 nitrogen and oxygen atoms in total. The summed E-state index contributed by atoms with van der Waals surface area (Å²) in [6, 6.07) is 11.3. The maximum Gasteiger partial charge on any atom is 0.416 e. The number of carbonyl (C=O) groups is 1. The van der Waals surface area contributed by atoms with E-state index in [4.69, 9.17) is 4.74 Å². The lowest BCUT2D eigenvalue weighted by atomic mass is 10.0. The van der Waals surface area contributed by atoms with Gasteiger partial charge in [0.15, 0.2) is 0 Å². The van der Waals surface area contributed by atoms with Crippen LogP contribution in [0.25, 0.3) is 0 Å². The van der Waals surface area contributed by atoms with Crippen LogP contribution in [0.3, 0.4) is 0 Å². The van der Waals surface area contributed by atoms with E-state index in [0.29, 0.717) is 12.1 Å². The summed E-state index contributed by atoms with van der Waals surface area (Å²) in [5, 5.41) is 2.62. The number of ether oxygens (including phenoxy) is 1. The molecule has 8 heteroatoms. The Morgan fingerprint density at radius 1 is 1.15 bits per heavy atom. The van der Waals surface area contributed by atoms with Crippen LogP contribution in [0.5, 0.6) is 5.75 Å². The number of carbonyl (C=O) groups excluding carboxylic acids is 1. The molecule has 2 aromatic rings. The highest BCUT2D eigenvalue weighted by Gasteiger charge is 2.31. The molecule has 2 atom stereocenters. The van der Waals surface area contributed by atoms with E-state index in [-0.39, 0.29) is 11.9 Å². The molecule has 0 radical (unpaired) electrons. The second kappa shape index (κ2) is 7.35. The Kier molecular flexibility index (Phi) is 5.15. The van der Waals surface area contributed by atoms with Gasteiger partial charge in [0.05, 0.1) is 12.7 Å². The smallest absolute Gasteiger partial charge is 0.416 e. The predicted octanol–water partition coefficient (Wildman–Crippen LogP) is 3.26. The lowest BCUT2D eigenvalue weighted by Crippen LogP contribution is -2.39. The molecule has 1 amide bonds. The minimum atomic E-state index is -4.40. The van der Waals surface area contributed by atoms with Gasteiger partial charge in [0, 0.05) is 11.7 Å². The van der Waals surface area contributed by atoms with Crippen molar-refractivity contribution in [1.82, 2.24) is 10.9 Å². The van der Waals surface area contributed by atoms with Crippen LogP contribution in [-0.2, 0) is 11.0 Å². The number of alkyl halides is 3. The van der Waals surface area contributed by atoms with Crippen molar-refractivity contribution in [1.29, 1.82) is 0 Å². The molecule has 0 spiro atoms. The molecule has 2 aromatic carbocycles. The fraction of sp³-hybridized carbons (Fsp3) is 0.278. The average Bonchev–Trinajstić information content (AvgIpc) is 3.12. The topological polar surface area (TPSA) is 62.4 Å². The number of methoxy groups -OCH3 is 1. The lowest BCUT2D eigenvalue weighted by molar-refractivity contribution is -0.137. The molecule has 0 aliphatic carbocycles. The monoisotopic (exact) mass is 365 g/mol. The summed E-state index contributed by atoms with van der Waals surface area (Å²) in [5.41, 5.74) is 6.50. The number of benzene rings is 2. The summed E-state index contributed by atoms with van der Waals surface area (Å²) in [5.74, 6) is 0.407. The van der Waals surface area contributed by atoms with Crippen molar-refractivity contribution in [3.05, 3.63) is 59.7 Å². The summed E-state index contributed by atoms with van der Waals surface area (Å²) in [7, 11) is 1.58. The van der Waals surface area contributed by atoms with Crippen molar-refractivity contribution in [2.24, 2.45) is 0 Å². The number of hydrogen-bond donors (Lipinski definition) is 3. The summed E-state index contributed by atoms with van der Waals surface area (Å²) in [6.45, 7) is 0. The van der Waals surface area contributed by atoms with Crippen molar-refractivity contribution in [3.63, 3.8) is 0 Å². The Bertz CT molecular complexity index is 778. The third-order valence-electron chi connectivity index (χ3n) is 4.20. The van der Waals surface area contributed by atoms with Crippen LogP contribution in [0.4, 0.5) is 18.9 Å². The zero-order chi connectivity index (χ0) is 18.7. The molecule has 1 aliphatic heterocycles. The van der Waals surface area contributed by atoms with Crippen LogP contribution in [0.15, 0.2) is 48.5 Å². The summed E-state index contributed by atoms with van der Waals surface area (Å²) in [4.78, 5) is 12.3. The Morgan fingerprint density at radius 3 is 2.54 bits per heavy atom. The Morgan fingerprint density at radius 2 is 1.88 bits per heavy atom. The molecule has 3 rings (SSSR count). The molecule has 138 valence electrons. The molecular formula is C18H18F3N3O2. The largest absolute Gasteiger partial charge is 0.497 e. The van der Waals surface area contributed by atoms with Gasteiger partial charge in [-0.3, -0.25) is 4.79 Å². The minimum Gasteiger partial charge on any atom is -0.497 e. The predicted molar refractivity (Wildman–Crippen MR) is 90.5 cm³/mol. The Labute approximate surface area is 148 Å². The highest BCUT2D eigenvalue weighted by molar-refractivity contribution is 5.95. The molecule has 0 aromatic heterocycles. The van der Waals surface area contributed by atoms with Crippen LogP contribution in [0.2, 0.25) is 0 Å². The molecule has 1 saturated heterocycles. The highest BCUT2D eigenvalue weighted by atomic mass is 19.4. The van der Waals surface area contributed by atoms with Gasteiger partial charge in [0.1, 0.15) is 11.8 Å². The quantitative estimate of drug-likeness (QED) is 0.778. The van der Waals surface area contributed by atoms with E-state index in [0.717, 1.165) is 23.4 Å². The van der Waals surface area contributed by atoms with E-state index in [2.05, 4.69) is 16.2 Å². The zero-order valence-corrected chi connectivity index (χ0v) is 13.9. The van der Waals surface area contributed by atoms with Gasteiger partial charge in [0.2, 0.25) is 5.91 Å². The molecular weight excluding hydrogens is 347 g/mol. The number of anilines is 1. The summed E-state index contributed by atoms with van der Waals surface area (Å²) < 4.78 is 42.9. The molecule has 1 aliphatic rings. The van der Waals surface area contributed by atoms with Crippen molar-refractivity contribution in [3.8, 4) is 5.75 Å². The molecule has 0 saturated carbocycles. The molecule has 3 N–H and O–H groups in total. The second-order valence-corrected chi connectivity index (χ2v) is 5.97. The first-order chi connectivity index (χ1) is 12.4. The van der Waals surface area contributed by atoms with Crippen molar-refractivity contribution < 1.29 is 22.7 Å². The van der Waals surface area contributed by atoms with Gasteiger partial charge in [-0.2, -0.15) is 13.2 Å². The molecule has 1 fully saturated rings. The zero-order valence-electron chi connectivity index (χ0n) is 13.9. The first kappa shape index (κ1) is 18.2. The van der Waals surface area contributed by atoms with E-state index in [9.17, 15) is 18.0 Å². The van der Waals surface area contributed by atoms with E-state index < -0.39 is 17.8 Å². The number of halogens is 3. The highest BCUT2D eigenvalue weighted by Crippen LogP contribution is 2.30. The number of nitrogens with one attached hydrogen (secondary N) is 3. The van der Waals surface area contributed by atoms with Gasteiger partial charge in [-0.15, -0.1) is 0 Å². The molecule has 26 heavy (non-hydrogen) atoms. The van der Waals surface area contributed by atoms with Gasteiger partial charge >= 0.3 is 6.18 Å². The van der Waals surface area contributed by atoms with Crippen molar-refractivity contribution >= 4 is 11.6 Å². The molecule has 0 bridgehead atoms. The van der Waals surface area contributed by atoms with E-state index >= 15 is 0 Å². The van der Waals surface area contributed by atoms with Gasteiger partial charge in [-0.25, -0.2) is 10.9 Å². The number of amides is 1. The van der Waals surface area contributed by atoms with E-state index in [1.54, 1.807) is 7.11 Å². The van der Waals surface area contributed by atoms with Gasteiger partial charge in [-0.1, -0.05) is 12.1 Å². The van der Waals surface area contributed by atoms with Gasteiger partial charge < -0.3 is 10.1 Å². The third kappa shape index (κ3) is 4.14. The number of hydrogen-bond acceptors (Lipinski definition) is 4. The fourth-order valence-electron chi connectivity index (χ4n) is 2.78. The average molecular weight is 365 g/mol. The van der Waals surface area contributed by atoms with Crippen LogP contribution < -0.4 is 20.9 Å². The number of rotatable bonds is 4. The minimum absolute atomic E-state index is 0.0755. The van der Waals surface area contributed by atoms with Gasteiger partial charge in [0.25, 0.3) is 0 Å². The Balaban J connectivity index is 1.61. The standard InChI is InChI=1S/C18H18F3N3O2/c1-26-14-4-2-3-11(9-14)15-10-16(24-23-15)17(25)22-13-7-5-12(6-8-13)18(19,20)21/h2-9,15-16,23-24H,10H2,1H3,(H,22,25). The Hall–Kier alpha value is -2.58. The van der Waals surface area contributed by atoms with Crippen LogP contribution in [0, 0.1) is 0 Å². The van der Waals surface area contributed by atoms with Crippen LogP contribution in [0.1, 0.15) is 23.6 Å². The number of hydrazine groups is 1. The maximum atomic E-state index is 12.6. The van der Waals surface area contributed by atoms with E-state index in [1.807, 2.05) is 24.3 Å². The van der Waals surface area contributed by atoms with E-state index in [1.165, 1.54) is 12.1 Å². The maximum absolute atomic E-state index is 12.6. The summed E-state index contributed by atoms with van der Waals surface area (Å²) in [6.07, 6.45) is -3.90. The first-order valence-corrected chi connectivity index (χ1v) is 8.00. The second-order valence-electron chi connectivity index (χ2n) is 5.97. The van der Waals surface area contributed by atoms with Crippen LogP contribution in [-0.4, -0.2) is 19.1 Å². The fourth-order valence-corrected chi connectivity index (χ4v) is 2.78. The lowest BCUT2D eigenvalue weighted by Gasteiger charge is -2.12. The van der Waals surface area contributed by atoms with Gasteiger partial charge in [-0.05, 0) is 48.4 Å². The third-order valence-corrected chi connectivity index (χ3v) is 4.20. The SMILES string of the molecule is COc1cccc(C2CC(C(=O)Nc3ccc(C(F)(F)F)cc3)NN2)c1. The van der Waals surface area contributed by atoms with Crippen LogP contribution >= 0.6 is 0 Å². The molecule has 1 heterocycles.